The fraction of sp³-hybridized carbons (Fsp3) is 0.267. The first-order valence-corrected chi connectivity index (χ1v) is 7.72. The molecular weight excluding hydrogens is 300 g/mol. The van der Waals surface area contributed by atoms with Crippen molar-refractivity contribution in [2.24, 2.45) is 11.7 Å². The number of thioether (sulfide) groups is 1. The molecule has 0 saturated heterocycles. The molecule has 1 unspecified atom stereocenters. The van der Waals surface area contributed by atoms with Crippen molar-refractivity contribution in [3.05, 3.63) is 36.5 Å². The lowest BCUT2D eigenvalue weighted by Crippen LogP contribution is -2.42. The van der Waals surface area contributed by atoms with Gasteiger partial charge in [0.05, 0.1) is 17.1 Å². The molecule has 0 aliphatic carbocycles. The monoisotopic (exact) mass is 318 g/mol. The van der Waals surface area contributed by atoms with Gasteiger partial charge in [0.25, 0.3) is 0 Å². The van der Waals surface area contributed by atoms with Gasteiger partial charge in [-0.1, -0.05) is 55.9 Å². The van der Waals surface area contributed by atoms with E-state index in [0.29, 0.717) is 5.16 Å². The van der Waals surface area contributed by atoms with E-state index >= 15 is 0 Å². The molecule has 0 aliphatic rings. The molecule has 0 spiro atoms. The van der Waals surface area contributed by atoms with Gasteiger partial charge in [-0.05, 0) is 11.5 Å². The summed E-state index contributed by atoms with van der Waals surface area (Å²) in [7, 11) is 0. The van der Waals surface area contributed by atoms with E-state index in [1.807, 2.05) is 44.2 Å². The van der Waals surface area contributed by atoms with Crippen LogP contribution in [0.1, 0.15) is 13.8 Å². The predicted octanol–water partition coefficient (Wildman–Crippen LogP) is 2.39. The Kier molecular flexibility index (Phi) is 5.21. The number of hydrogen-bond donors (Lipinski definition) is 3. The van der Waals surface area contributed by atoms with Crippen molar-refractivity contribution in [1.82, 2.24) is 15.3 Å². The molecule has 22 heavy (non-hydrogen) atoms. The lowest BCUT2D eigenvalue weighted by molar-refractivity contribution is -0.120. The summed E-state index contributed by atoms with van der Waals surface area (Å²) in [4.78, 5) is 30.3. The van der Waals surface area contributed by atoms with Crippen molar-refractivity contribution in [3.63, 3.8) is 0 Å². The minimum Gasteiger partial charge on any atom is -0.351 e. The highest BCUT2D eigenvalue weighted by Gasteiger charge is 2.25. The number of imidazole rings is 1. The van der Waals surface area contributed by atoms with Crippen LogP contribution in [0.15, 0.2) is 41.7 Å². The molecule has 0 aliphatic heterocycles. The molecule has 1 heterocycles. The van der Waals surface area contributed by atoms with Crippen LogP contribution in [0.2, 0.25) is 0 Å². The fourth-order valence-electron chi connectivity index (χ4n) is 1.93. The lowest BCUT2D eigenvalue weighted by atomic mass is 10.1. The summed E-state index contributed by atoms with van der Waals surface area (Å²) in [5.74, 6) is -0.389. The molecule has 0 radical (unpaired) electrons. The van der Waals surface area contributed by atoms with Crippen LogP contribution in [-0.2, 0) is 4.79 Å². The molecular formula is C15H18N4O2S. The zero-order valence-electron chi connectivity index (χ0n) is 12.4. The topological polar surface area (TPSA) is 101 Å². The van der Waals surface area contributed by atoms with E-state index in [2.05, 4.69) is 15.3 Å². The predicted molar refractivity (Wildman–Crippen MR) is 86.2 cm³/mol. The molecule has 6 nitrogen and oxygen atoms in total. The van der Waals surface area contributed by atoms with Crippen LogP contribution < -0.4 is 11.1 Å². The van der Waals surface area contributed by atoms with Crippen LogP contribution in [0.3, 0.4) is 0 Å². The molecule has 0 fully saturated rings. The van der Waals surface area contributed by atoms with Crippen LogP contribution in [0.25, 0.3) is 11.3 Å². The SMILES string of the molecule is CC(C)C(Sc1ncc(-c2ccccc2)[nH]1)C(=O)NC(N)=O. The Bertz CT molecular complexity index is 655. The van der Waals surface area contributed by atoms with Gasteiger partial charge in [0.15, 0.2) is 5.16 Å². The summed E-state index contributed by atoms with van der Waals surface area (Å²) in [6.45, 7) is 3.80. The number of rotatable bonds is 5. The van der Waals surface area contributed by atoms with E-state index in [1.165, 1.54) is 11.8 Å². The van der Waals surface area contributed by atoms with Gasteiger partial charge in [-0.2, -0.15) is 0 Å². The lowest BCUT2D eigenvalue weighted by Gasteiger charge is -2.17. The zero-order chi connectivity index (χ0) is 16.1. The molecule has 116 valence electrons. The number of aromatic amines is 1. The Morgan fingerprint density at radius 3 is 2.55 bits per heavy atom. The van der Waals surface area contributed by atoms with Crippen LogP contribution in [0.5, 0.6) is 0 Å². The van der Waals surface area contributed by atoms with E-state index in [4.69, 9.17) is 5.73 Å². The Morgan fingerprint density at radius 1 is 1.27 bits per heavy atom. The number of imide groups is 1. The summed E-state index contributed by atoms with van der Waals surface area (Å²) in [6, 6.07) is 8.93. The minimum absolute atomic E-state index is 0.0228. The van der Waals surface area contributed by atoms with Crippen molar-refractivity contribution in [2.75, 3.05) is 0 Å². The standard InChI is InChI=1S/C15H18N4O2S/c1-9(2)12(13(20)19-14(16)21)22-15-17-8-11(18-15)10-6-4-3-5-7-10/h3-9,12H,1-2H3,(H,17,18)(H3,16,19,20,21). The highest BCUT2D eigenvalue weighted by Crippen LogP contribution is 2.28. The number of nitrogens with two attached hydrogens (primary N) is 1. The number of carbonyl (C=O) groups is 2. The summed E-state index contributed by atoms with van der Waals surface area (Å²) in [5.41, 5.74) is 6.90. The van der Waals surface area contributed by atoms with Crippen molar-refractivity contribution in [1.29, 1.82) is 0 Å². The second-order valence-corrected chi connectivity index (χ2v) is 6.23. The van der Waals surface area contributed by atoms with Crippen molar-refractivity contribution < 1.29 is 9.59 Å². The fourth-order valence-corrected chi connectivity index (χ4v) is 2.89. The number of nitrogens with zero attached hydrogens (tertiary/aromatic N) is 1. The first kappa shape index (κ1) is 16.1. The highest BCUT2D eigenvalue weighted by atomic mass is 32.2. The van der Waals surface area contributed by atoms with E-state index in [-0.39, 0.29) is 5.92 Å². The van der Waals surface area contributed by atoms with Crippen LogP contribution in [0.4, 0.5) is 4.79 Å². The molecule has 0 saturated carbocycles. The Labute approximate surface area is 132 Å². The number of amides is 3. The Morgan fingerprint density at radius 2 is 1.95 bits per heavy atom. The molecule has 2 rings (SSSR count). The van der Waals surface area contributed by atoms with Crippen LogP contribution in [0, 0.1) is 5.92 Å². The Hall–Kier alpha value is -2.28. The molecule has 1 aromatic carbocycles. The Balaban J connectivity index is 2.13. The molecule has 1 atom stereocenters. The van der Waals surface area contributed by atoms with Crippen molar-refractivity contribution in [2.45, 2.75) is 24.3 Å². The summed E-state index contributed by atoms with van der Waals surface area (Å²) in [5, 5.41) is 2.29. The van der Waals surface area contributed by atoms with E-state index in [0.717, 1.165) is 11.3 Å². The second-order valence-electron chi connectivity index (χ2n) is 5.10. The maximum absolute atomic E-state index is 12.0. The van der Waals surface area contributed by atoms with Gasteiger partial charge < -0.3 is 10.7 Å². The molecule has 7 heteroatoms. The smallest absolute Gasteiger partial charge is 0.318 e. The third-order valence-corrected chi connectivity index (χ3v) is 4.43. The van der Waals surface area contributed by atoms with Gasteiger partial charge >= 0.3 is 6.03 Å². The van der Waals surface area contributed by atoms with Gasteiger partial charge in [-0.15, -0.1) is 0 Å². The van der Waals surface area contributed by atoms with Crippen LogP contribution >= 0.6 is 11.8 Å². The first-order chi connectivity index (χ1) is 10.5. The van der Waals surface area contributed by atoms with E-state index < -0.39 is 17.2 Å². The quantitative estimate of drug-likeness (QED) is 0.737. The number of hydrogen-bond acceptors (Lipinski definition) is 4. The normalized spacial score (nSPS) is 12.1. The number of urea groups is 1. The maximum atomic E-state index is 12.0. The molecule has 4 N–H and O–H groups in total. The number of carbonyl (C=O) groups excluding carboxylic acids is 2. The number of nitrogens with one attached hydrogen (secondary N) is 2. The van der Waals surface area contributed by atoms with Gasteiger partial charge in [0, 0.05) is 0 Å². The molecule has 0 bridgehead atoms. The van der Waals surface area contributed by atoms with Crippen molar-refractivity contribution >= 4 is 23.7 Å². The second kappa shape index (κ2) is 7.13. The third kappa shape index (κ3) is 4.11. The van der Waals surface area contributed by atoms with Gasteiger partial charge in [0.2, 0.25) is 5.91 Å². The largest absolute Gasteiger partial charge is 0.351 e. The van der Waals surface area contributed by atoms with E-state index in [9.17, 15) is 9.59 Å². The van der Waals surface area contributed by atoms with Gasteiger partial charge in [0.1, 0.15) is 0 Å². The average Bonchev–Trinajstić information content (AvgIpc) is 2.93. The summed E-state index contributed by atoms with van der Waals surface area (Å²) < 4.78 is 0. The number of H-pyrrole nitrogens is 1. The maximum Gasteiger partial charge on any atom is 0.318 e. The summed E-state index contributed by atoms with van der Waals surface area (Å²) in [6.07, 6.45) is 1.72. The average molecular weight is 318 g/mol. The van der Waals surface area contributed by atoms with Crippen LogP contribution in [-0.4, -0.2) is 27.2 Å². The van der Waals surface area contributed by atoms with Crippen molar-refractivity contribution in [3.8, 4) is 11.3 Å². The summed E-state index contributed by atoms with van der Waals surface area (Å²) >= 11 is 1.28. The van der Waals surface area contributed by atoms with Gasteiger partial charge in [-0.25, -0.2) is 9.78 Å². The highest BCUT2D eigenvalue weighted by molar-refractivity contribution is 8.00. The zero-order valence-corrected chi connectivity index (χ0v) is 13.2. The number of primary amides is 1. The molecule has 1 aromatic heterocycles. The first-order valence-electron chi connectivity index (χ1n) is 6.84. The molecule has 3 amide bonds. The van der Waals surface area contributed by atoms with Gasteiger partial charge in [-0.3, -0.25) is 10.1 Å². The third-order valence-electron chi connectivity index (χ3n) is 2.99. The number of aromatic nitrogens is 2. The molecule has 2 aromatic rings. The number of benzene rings is 1. The van der Waals surface area contributed by atoms with E-state index in [1.54, 1.807) is 6.20 Å². The minimum atomic E-state index is -0.847.